The molecule has 1 unspecified atom stereocenters. The predicted molar refractivity (Wildman–Crippen MR) is 81.5 cm³/mol. The van der Waals surface area contributed by atoms with E-state index in [1.807, 2.05) is 41.2 Å². The second kappa shape index (κ2) is 5.21. The summed E-state index contributed by atoms with van der Waals surface area (Å²) in [6.07, 6.45) is 5.51. The van der Waals surface area contributed by atoms with Crippen molar-refractivity contribution in [3.63, 3.8) is 0 Å². The smallest absolute Gasteiger partial charge is 0.0951 e. The largest absolute Gasteiger partial charge is 0.397 e. The third-order valence-electron chi connectivity index (χ3n) is 3.22. The first-order valence-electron chi connectivity index (χ1n) is 6.61. The number of anilines is 2. The molecule has 2 aromatic heterocycles. The van der Waals surface area contributed by atoms with Crippen molar-refractivity contribution in [3.8, 4) is 0 Å². The molecule has 0 amide bonds. The average Bonchev–Trinajstić information content (AvgIpc) is 2.95. The number of aromatic nitrogens is 3. The molecule has 102 valence electrons. The molecule has 1 atom stereocenters. The van der Waals surface area contributed by atoms with Crippen LogP contribution in [0.3, 0.4) is 0 Å². The molecule has 20 heavy (non-hydrogen) atoms. The van der Waals surface area contributed by atoms with E-state index in [0.29, 0.717) is 5.69 Å². The molecule has 0 aliphatic heterocycles. The molecule has 3 N–H and O–H groups in total. The van der Waals surface area contributed by atoms with Crippen molar-refractivity contribution in [2.24, 2.45) is 0 Å². The minimum Gasteiger partial charge on any atom is -0.397 e. The lowest BCUT2D eigenvalue weighted by Gasteiger charge is -2.17. The zero-order chi connectivity index (χ0) is 13.9. The summed E-state index contributed by atoms with van der Waals surface area (Å²) in [4.78, 5) is 4.34. The summed E-state index contributed by atoms with van der Waals surface area (Å²) in [5.41, 5.74) is 8.54. The Bertz CT molecular complexity index is 705. The molecule has 0 aliphatic rings. The van der Waals surface area contributed by atoms with Crippen LogP contribution in [-0.4, -0.2) is 20.8 Å². The molecule has 2 heterocycles. The van der Waals surface area contributed by atoms with Gasteiger partial charge < -0.3 is 11.1 Å². The second-order valence-electron chi connectivity index (χ2n) is 4.88. The number of nitrogens with zero attached hydrogens (tertiary/aromatic N) is 3. The predicted octanol–water partition coefficient (Wildman–Crippen LogP) is 2.51. The first kappa shape index (κ1) is 12.5. The molecule has 0 saturated carbocycles. The van der Waals surface area contributed by atoms with E-state index in [2.05, 4.69) is 22.3 Å². The number of hydrogen-bond acceptors (Lipinski definition) is 4. The van der Waals surface area contributed by atoms with E-state index in [0.717, 1.165) is 23.1 Å². The number of pyridine rings is 1. The van der Waals surface area contributed by atoms with Gasteiger partial charge >= 0.3 is 0 Å². The Hall–Kier alpha value is -2.56. The van der Waals surface area contributed by atoms with Crippen molar-refractivity contribution in [2.75, 3.05) is 11.1 Å². The first-order valence-corrected chi connectivity index (χ1v) is 6.61. The molecule has 0 saturated heterocycles. The van der Waals surface area contributed by atoms with Gasteiger partial charge in [0.25, 0.3) is 0 Å². The molecule has 3 rings (SSSR count). The van der Waals surface area contributed by atoms with Crippen LogP contribution in [0.25, 0.3) is 10.9 Å². The standard InChI is InChI=1S/C15H17N5/c1-11(10-20-9-3-8-18-20)19-14-6-5-13(16)15-12(14)4-2-7-17-15/h2-9,11,19H,10,16H2,1H3. The molecule has 0 fully saturated rings. The zero-order valence-electron chi connectivity index (χ0n) is 11.3. The Labute approximate surface area is 117 Å². The van der Waals surface area contributed by atoms with Crippen LogP contribution >= 0.6 is 0 Å². The summed E-state index contributed by atoms with van der Waals surface area (Å²) < 4.78 is 1.91. The lowest BCUT2D eigenvalue weighted by molar-refractivity contribution is 0.561. The van der Waals surface area contributed by atoms with Gasteiger partial charge in [0.2, 0.25) is 0 Å². The molecule has 0 aliphatic carbocycles. The van der Waals surface area contributed by atoms with Crippen LogP contribution in [0.5, 0.6) is 0 Å². The first-order chi connectivity index (χ1) is 9.74. The molecule has 5 nitrogen and oxygen atoms in total. The number of hydrogen-bond donors (Lipinski definition) is 2. The van der Waals surface area contributed by atoms with E-state index >= 15 is 0 Å². The number of benzene rings is 1. The maximum atomic E-state index is 5.96. The topological polar surface area (TPSA) is 68.8 Å². The summed E-state index contributed by atoms with van der Waals surface area (Å²) in [6, 6.07) is 10.0. The van der Waals surface area contributed by atoms with Gasteiger partial charge in [-0.2, -0.15) is 5.10 Å². The summed E-state index contributed by atoms with van der Waals surface area (Å²) in [5.74, 6) is 0. The zero-order valence-corrected chi connectivity index (χ0v) is 11.3. The van der Waals surface area contributed by atoms with Crippen molar-refractivity contribution < 1.29 is 0 Å². The Morgan fingerprint density at radius 3 is 2.95 bits per heavy atom. The highest BCUT2D eigenvalue weighted by Gasteiger charge is 2.08. The van der Waals surface area contributed by atoms with Crippen molar-refractivity contribution in [1.82, 2.24) is 14.8 Å². The van der Waals surface area contributed by atoms with Gasteiger partial charge in [-0.1, -0.05) is 0 Å². The Morgan fingerprint density at radius 1 is 1.25 bits per heavy atom. The van der Waals surface area contributed by atoms with Gasteiger partial charge in [0.15, 0.2) is 0 Å². The monoisotopic (exact) mass is 267 g/mol. The summed E-state index contributed by atoms with van der Waals surface area (Å²) in [7, 11) is 0. The van der Waals surface area contributed by atoms with Crippen LogP contribution in [0.4, 0.5) is 11.4 Å². The SMILES string of the molecule is CC(Cn1cccn1)Nc1ccc(N)c2ncccc12. The summed E-state index contributed by atoms with van der Waals surface area (Å²) >= 11 is 0. The quantitative estimate of drug-likeness (QED) is 0.713. The highest BCUT2D eigenvalue weighted by atomic mass is 15.3. The van der Waals surface area contributed by atoms with Crippen LogP contribution in [0.15, 0.2) is 48.9 Å². The van der Waals surface area contributed by atoms with Crippen molar-refractivity contribution in [2.45, 2.75) is 19.5 Å². The third kappa shape index (κ3) is 2.42. The van der Waals surface area contributed by atoms with Gasteiger partial charge in [0.1, 0.15) is 0 Å². The maximum absolute atomic E-state index is 5.96. The highest BCUT2D eigenvalue weighted by molar-refractivity contribution is 5.98. The number of nitrogen functional groups attached to an aromatic ring is 1. The lowest BCUT2D eigenvalue weighted by atomic mass is 10.1. The Kier molecular flexibility index (Phi) is 3.25. The molecule has 1 aromatic carbocycles. The van der Waals surface area contributed by atoms with E-state index < -0.39 is 0 Å². The van der Waals surface area contributed by atoms with E-state index in [4.69, 9.17) is 5.73 Å². The van der Waals surface area contributed by atoms with Gasteiger partial charge in [0, 0.05) is 35.7 Å². The Balaban J connectivity index is 1.85. The van der Waals surface area contributed by atoms with Crippen LogP contribution in [0.1, 0.15) is 6.92 Å². The lowest BCUT2D eigenvalue weighted by Crippen LogP contribution is -2.22. The van der Waals surface area contributed by atoms with Gasteiger partial charge in [0.05, 0.1) is 17.7 Å². The van der Waals surface area contributed by atoms with Crippen LogP contribution in [-0.2, 0) is 6.54 Å². The highest BCUT2D eigenvalue weighted by Crippen LogP contribution is 2.26. The van der Waals surface area contributed by atoms with Crippen molar-refractivity contribution in [3.05, 3.63) is 48.9 Å². The van der Waals surface area contributed by atoms with Crippen LogP contribution in [0, 0.1) is 0 Å². The molecule has 3 aromatic rings. The number of fused-ring (bicyclic) bond motifs is 1. The Morgan fingerprint density at radius 2 is 2.15 bits per heavy atom. The van der Waals surface area contributed by atoms with Gasteiger partial charge in [-0.3, -0.25) is 9.67 Å². The van der Waals surface area contributed by atoms with Crippen LogP contribution in [0.2, 0.25) is 0 Å². The van der Waals surface area contributed by atoms with Gasteiger partial charge in [-0.15, -0.1) is 0 Å². The summed E-state index contributed by atoms with van der Waals surface area (Å²) in [5, 5.41) is 8.75. The maximum Gasteiger partial charge on any atom is 0.0951 e. The molecular formula is C15H17N5. The summed E-state index contributed by atoms with van der Waals surface area (Å²) in [6.45, 7) is 2.93. The van der Waals surface area contributed by atoms with Crippen molar-refractivity contribution >= 4 is 22.3 Å². The fourth-order valence-electron chi connectivity index (χ4n) is 2.32. The molecule has 0 radical (unpaired) electrons. The van der Waals surface area contributed by atoms with Crippen LogP contribution < -0.4 is 11.1 Å². The fraction of sp³-hybridized carbons (Fsp3) is 0.200. The minimum atomic E-state index is 0.252. The number of nitrogens with one attached hydrogen (secondary N) is 1. The minimum absolute atomic E-state index is 0.252. The van der Waals surface area contributed by atoms with E-state index in [1.165, 1.54) is 0 Å². The second-order valence-corrected chi connectivity index (χ2v) is 4.88. The fourth-order valence-corrected chi connectivity index (χ4v) is 2.32. The molecule has 0 bridgehead atoms. The molecule has 0 spiro atoms. The van der Waals surface area contributed by atoms with E-state index in [-0.39, 0.29) is 6.04 Å². The number of nitrogens with two attached hydrogens (primary N) is 1. The van der Waals surface area contributed by atoms with Gasteiger partial charge in [-0.25, -0.2) is 0 Å². The normalized spacial score (nSPS) is 12.4. The third-order valence-corrected chi connectivity index (χ3v) is 3.22. The average molecular weight is 267 g/mol. The van der Waals surface area contributed by atoms with E-state index in [9.17, 15) is 0 Å². The number of rotatable bonds is 4. The van der Waals surface area contributed by atoms with E-state index in [1.54, 1.807) is 12.4 Å². The van der Waals surface area contributed by atoms with Gasteiger partial charge in [-0.05, 0) is 37.3 Å². The van der Waals surface area contributed by atoms with Crippen molar-refractivity contribution in [1.29, 1.82) is 0 Å². The molecule has 5 heteroatoms. The molecular weight excluding hydrogens is 250 g/mol.